The van der Waals surface area contributed by atoms with E-state index in [1.54, 1.807) is 12.4 Å². The molecule has 0 aliphatic heterocycles. The Hall–Kier alpha value is -3.02. The summed E-state index contributed by atoms with van der Waals surface area (Å²) in [5, 5.41) is 6.13. The van der Waals surface area contributed by atoms with E-state index >= 15 is 0 Å². The number of rotatable bonds is 5. The molecule has 5 nitrogen and oxygen atoms in total. The minimum absolute atomic E-state index is 0. The molecule has 0 saturated carbocycles. The average Bonchev–Trinajstić information content (AvgIpc) is 2.73. The van der Waals surface area contributed by atoms with Gasteiger partial charge < -0.3 is 10.2 Å². The molecule has 0 aliphatic rings. The molecule has 0 aliphatic carbocycles. The normalized spacial score (nSPS) is 10.9. The molecular formula is C23H23ClN4O. The van der Waals surface area contributed by atoms with E-state index < -0.39 is 0 Å². The summed E-state index contributed by atoms with van der Waals surface area (Å²) in [5.74, 6) is -0.101. The zero-order valence-electron chi connectivity index (χ0n) is 16.4. The van der Waals surface area contributed by atoms with Gasteiger partial charge in [-0.2, -0.15) is 0 Å². The zero-order chi connectivity index (χ0) is 19.5. The van der Waals surface area contributed by atoms with Gasteiger partial charge in [0, 0.05) is 41.8 Å². The summed E-state index contributed by atoms with van der Waals surface area (Å²) >= 11 is 0. The van der Waals surface area contributed by atoms with E-state index in [0.29, 0.717) is 12.1 Å². The lowest BCUT2D eigenvalue weighted by Crippen LogP contribution is -2.31. The van der Waals surface area contributed by atoms with Crippen LogP contribution in [0.15, 0.2) is 67.0 Å². The number of carbonyl (C=O) groups is 1. The molecule has 1 amide bonds. The summed E-state index contributed by atoms with van der Waals surface area (Å²) in [6, 6.07) is 17.9. The van der Waals surface area contributed by atoms with Crippen molar-refractivity contribution in [3.8, 4) is 11.3 Å². The highest BCUT2D eigenvalue weighted by atomic mass is 35.5. The quantitative estimate of drug-likeness (QED) is 0.505. The van der Waals surface area contributed by atoms with Crippen LogP contribution in [-0.2, 0) is 0 Å². The van der Waals surface area contributed by atoms with Crippen molar-refractivity contribution in [1.82, 2.24) is 20.2 Å². The molecule has 4 rings (SSSR count). The molecule has 0 bridgehead atoms. The van der Waals surface area contributed by atoms with Gasteiger partial charge in [0.15, 0.2) is 0 Å². The Morgan fingerprint density at radius 3 is 2.34 bits per heavy atom. The number of nitrogens with one attached hydrogen (secondary N) is 1. The number of halogens is 1. The minimum Gasteiger partial charge on any atom is -0.351 e. The van der Waals surface area contributed by atoms with Crippen molar-refractivity contribution in [2.24, 2.45) is 0 Å². The topological polar surface area (TPSA) is 58.1 Å². The molecule has 0 saturated heterocycles. The van der Waals surface area contributed by atoms with Crippen LogP contribution >= 0.6 is 12.4 Å². The lowest BCUT2D eigenvalue weighted by atomic mass is 9.98. The fourth-order valence-corrected chi connectivity index (χ4v) is 3.38. The Morgan fingerprint density at radius 2 is 1.62 bits per heavy atom. The fourth-order valence-electron chi connectivity index (χ4n) is 3.38. The molecule has 2 heterocycles. The summed E-state index contributed by atoms with van der Waals surface area (Å²) < 4.78 is 0. The number of aromatic nitrogens is 2. The van der Waals surface area contributed by atoms with Crippen LogP contribution in [0.2, 0.25) is 0 Å². The maximum Gasteiger partial charge on any atom is 0.253 e. The van der Waals surface area contributed by atoms with E-state index in [-0.39, 0.29) is 18.3 Å². The van der Waals surface area contributed by atoms with Crippen LogP contribution in [0.3, 0.4) is 0 Å². The Kier molecular flexibility index (Phi) is 6.42. The van der Waals surface area contributed by atoms with Gasteiger partial charge >= 0.3 is 0 Å². The van der Waals surface area contributed by atoms with Crippen molar-refractivity contribution < 1.29 is 4.79 Å². The molecule has 6 heteroatoms. The second-order valence-electron chi connectivity index (χ2n) is 7.00. The molecular weight excluding hydrogens is 384 g/mol. The van der Waals surface area contributed by atoms with Gasteiger partial charge in [0.1, 0.15) is 0 Å². The number of nitrogens with zero attached hydrogens (tertiary/aromatic N) is 3. The molecule has 0 spiro atoms. The molecule has 2 aromatic heterocycles. The highest BCUT2D eigenvalue weighted by molar-refractivity contribution is 6.16. The second-order valence-corrected chi connectivity index (χ2v) is 7.00. The first-order chi connectivity index (χ1) is 13.6. The SMILES string of the molecule is CN(C)CCNC(=O)c1cccc2c1nc(-c1ccncc1)c1ccccc12.Cl. The lowest BCUT2D eigenvalue weighted by Gasteiger charge is -2.14. The Morgan fingerprint density at radius 1 is 0.931 bits per heavy atom. The average molecular weight is 407 g/mol. The highest BCUT2D eigenvalue weighted by Gasteiger charge is 2.16. The van der Waals surface area contributed by atoms with Crippen molar-refractivity contribution in [3.05, 3.63) is 72.6 Å². The Labute approximate surface area is 176 Å². The lowest BCUT2D eigenvalue weighted by molar-refractivity contribution is 0.0952. The first-order valence-electron chi connectivity index (χ1n) is 9.30. The number of benzene rings is 2. The number of hydrogen-bond donors (Lipinski definition) is 1. The van der Waals surface area contributed by atoms with Crippen molar-refractivity contribution in [1.29, 1.82) is 0 Å². The van der Waals surface area contributed by atoms with Crippen LogP contribution in [0.5, 0.6) is 0 Å². The molecule has 0 radical (unpaired) electrons. The monoisotopic (exact) mass is 406 g/mol. The number of likely N-dealkylation sites (N-methyl/N-ethyl adjacent to an activating group) is 1. The van der Waals surface area contributed by atoms with Crippen LogP contribution in [-0.4, -0.2) is 48.0 Å². The van der Waals surface area contributed by atoms with Crippen LogP contribution in [0, 0.1) is 0 Å². The number of carbonyl (C=O) groups excluding carboxylic acids is 1. The van der Waals surface area contributed by atoms with Gasteiger partial charge in [-0.25, -0.2) is 4.98 Å². The first-order valence-corrected chi connectivity index (χ1v) is 9.30. The van der Waals surface area contributed by atoms with Gasteiger partial charge in [-0.3, -0.25) is 9.78 Å². The van der Waals surface area contributed by atoms with Gasteiger partial charge in [-0.15, -0.1) is 12.4 Å². The number of hydrogen-bond acceptors (Lipinski definition) is 4. The predicted octanol–water partition coefficient (Wildman–Crippen LogP) is 4.16. The van der Waals surface area contributed by atoms with Crippen molar-refractivity contribution >= 4 is 40.0 Å². The van der Waals surface area contributed by atoms with E-state index in [1.807, 2.05) is 61.5 Å². The van der Waals surface area contributed by atoms with Gasteiger partial charge in [0.05, 0.1) is 16.8 Å². The van der Waals surface area contributed by atoms with Crippen LogP contribution in [0.25, 0.3) is 32.9 Å². The molecule has 1 N–H and O–H groups in total. The first kappa shape index (κ1) is 20.7. The zero-order valence-corrected chi connectivity index (χ0v) is 17.2. The van der Waals surface area contributed by atoms with E-state index in [1.165, 1.54) is 0 Å². The number of amides is 1. The van der Waals surface area contributed by atoms with Crippen LogP contribution in [0.4, 0.5) is 0 Å². The maximum absolute atomic E-state index is 12.8. The second kappa shape index (κ2) is 8.99. The van der Waals surface area contributed by atoms with Crippen molar-refractivity contribution in [2.75, 3.05) is 27.2 Å². The van der Waals surface area contributed by atoms with E-state index in [0.717, 1.165) is 39.5 Å². The van der Waals surface area contributed by atoms with E-state index in [2.05, 4.69) is 22.4 Å². The van der Waals surface area contributed by atoms with Gasteiger partial charge in [0.25, 0.3) is 5.91 Å². The van der Waals surface area contributed by atoms with Gasteiger partial charge in [-0.05, 0) is 37.7 Å². The summed E-state index contributed by atoms with van der Waals surface area (Å²) in [6.07, 6.45) is 3.52. The number of fused-ring (bicyclic) bond motifs is 3. The van der Waals surface area contributed by atoms with Gasteiger partial charge in [-0.1, -0.05) is 36.4 Å². The molecule has 0 atom stereocenters. The molecule has 4 aromatic rings. The predicted molar refractivity (Wildman–Crippen MR) is 121 cm³/mol. The third-order valence-corrected chi connectivity index (χ3v) is 4.77. The number of pyridine rings is 2. The largest absolute Gasteiger partial charge is 0.351 e. The van der Waals surface area contributed by atoms with Gasteiger partial charge in [0.2, 0.25) is 0 Å². The third-order valence-electron chi connectivity index (χ3n) is 4.77. The van der Waals surface area contributed by atoms with E-state index in [9.17, 15) is 4.79 Å². The standard InChI is InChI=1S/C23H22N4O.ClH/c1-27(2)15-14-25-23(28)20-9-5-8-19-17-6-3-4-7-18(17)21(26-22(19)20)16-10-12-24-13-11-16;/h3-13H,14-15H2,1-2H3,(H,25,28);1H. The molecule has 29 heavy (non-hydrogen) atoms. The highest BCUT2D eigenvalue weighted by Crippen LogP contribution is 2.33. The third kappa shape index (κ3) is 4.21. The van der Waals surface area contributed by atoms with Crippen molar-refractivity contribution in [2.45, 2.75) is 0 Å². The Balaban J connectivity index is 0.00000240. The summed E-state index contributed by atoms with van der Waals surface area (Å²) in [6.45, 7) is 1.38. The van der Waals surface area contributed by atoms with Crippen LogP contribution in [0.1, 0.15) is 10.4 Å². The Bertz CT molecular complexity index is 1150. The summed E-state index contributed by atoms with van der Waals surface area (Å²) in [7, 11) is 3.97. The van der Waals surface area contributed by atoms with Crippen molar-refractivity contribution in [3.63, 3.8) is 0 Å². The molecule has 0 fully saturated rings. The summed E-state index contributed by atoms with van der Waals surface area (Å²) in [4.78, 5) is 23.9. The summed E-state index contributed by atoms with van der Waals surface area (Å²) in [5.41, 5.74) is 3.16. The smallest absolute Gasteiger partial charge is 0.253 e. The molecule has 2 aromatic carbocycles. The molecule has 0 unspecified atom stereocenters. The number of para-hydroxylation sites is 1. The fraction of sp³-hybridized carbons (Fsp3) is 0.174. The van der Waals surface area contributed by atoms with E-state index in [4.69, 9.17) is 4.98 Å². The van der Waals surface area contributed by atoms with Crippen LogP contribution < -0.4 is 5.32 Å². The maximum atomic E-state index is 12.8. The minimum atomic E-state index is -0.101. The molecule has 148 valence electrons.